The average molecular weight is 344 g/mol. The van der Waals surface area contributed by atoms with Crippen molar-refractivity contribution < 1.29 is 14.3 Å². The Hall–Kier alpha value is -2.46. The van der Waals surface area contributed by atoms with Crippen molar-refractivity contribution >= 4 is 28.5 Å². The summed E-state index contributed by atoms with van der Waals surface area (Å²) in [5.74, 6) is 0.298. The molecule has 0 spiro atoms. The Balaban J connectivity index is 1.91. The number of aryl methyl sites for hydroxylation is 1. The smallest absolute Gasteiger partial charge is 0.354 e. The van der Waals surface area contributed by atoms with Crippen molar-refractivity contribution in [2.24, 2.45) is 7.05 Å². The highest BCUT2D eigenvalue weighted by molar-refractivity contribution is 6.35. The van der Waals surface area contributed by atoms with Crippen LogP contribution in [-0.2, 0) is 18.4 Å². The number of hydrogen-bond donors (Lipinski definition) is 0. The largest absolute Gasteiger partial charge is 0.489 e. The zero-order valence-corrected chi connectivity index (χ0v) is 14.3. The third kappa shape index (κ3) is 3.24. The predicted octanol–water partition coefficient (Wildman–Crippen LogP) is 4.59. The van der Waals surface area contributed by atoms with Crippen LogP contribution in [0.15, 0.2) is 48.5 Å². The average Bonchev–Trinajstić information content (AvgIpc) is 2.92. The maximum atomic E-state index is 12.0. The molecule has 0 amide bonds. The SMILES string of the molecule is CCOC(=O)c1cc2c(Cl)cc(OCc3ccccc3)cc2n1C. The second kappa shape index (κ2) is 6.97. The summed E-state index contributed by atoms with van der Waals surface area (Å²) in [4.78, 5) is 12.0. The summed E-state index contributed by atoms with van der Waals surface area (Å²) >= 11 is 6.37. The van der Waals surface area contributed by atoms with Gasteiger partial charge in [-0.1, -0.05) is 41.9 Å². The molecule has 1 aromatic heterocycles. The van der Waals surface area contributed by atoms with Gasteiger partial charge < -0.3 is 14.0 Å². The Morgan fingerprint density at radius 3 is 2.62 bits per heavy atom. The molecule has 0 unspecified atom stereocenters. The minimum atomic E-state index is -0.362. The molecule has 2 aromatic carbocycles. The lowest BCUT2D eigenvalue weighted by Crippen LogP contribution is -2.09. The van der Waals surface area contributed by atoms with Crippen LogP contribution in [0.3, 0.4) is 0 Å². The minimum Gasteiger partial charge on any atom is -0.489 e. The predicted molar refractivity (Wildman–Crippen MR) is 94.7 cm³/mol. The lowest BCUT2D eigenvalue weighted by atomic mass is 10.2. The molecule has 0 aliphatic heterocycles. The summed E-state index contributed by atoms with van der Waals surface area (Å²) in [6.07, 6.45) is 0. The van der Waals surface area contributed by atoms with Gasteiger partial charge in [0.15, 0.2) is 0 Å². The summed E-state index contributed by atoms with van der Waals surface area (Å²) in [5, 5.41) is 1.34. The molecule has 0 fully saturated rings. The molecule has 124 valence electrons. The van der Waals surface area contributed by atoms with Crippen molar-refractivity contribution in [2.75, 3.05) is 6.61 Å². The molecule has 1 heterocycles. The number of fused-ring (bicyclic) bond motifs is 1. The molecule has 4 nitrogen and oxygen atoms in total. The van der Waals surface area contributed by atoms with Crippen LogP contribution in [-0.4, -0.2) is 17.1 Å². The van der Waals surface area contributed by atoms with Crippen LogP contribution >= 0.6 is 11.6 Å². The maximum Gasteiger partial charge on any atom is 0.354 e. The fourth-order valence-electron chi connectivity index (χ4n) is 2.59. The van der Waals surface area contributed by atoms with E-state index in [1.54, 1.807) is 23.6 Å². The first-order valence-corrected chi connectivity index (χ1v) is 8.10. The van der Waals surface area contributed by atoms with E-state index in [-0.39, 0.29) is 5.97 Å². The molecule has 0 saturated heterocycles. The van der Waals surface area contributed by atoms with E-state index in [2.05, 4.69) is 0 Å². The lowest BCUT2D eigenvalue weighted by Gasteiger charge is -2.08. The van der Waals surface area contributed by atoms with E-state index >= 15 is 0 Å². The molecule has 0 saturated carbocycles. The fraction of sp³-hybridized carbons (Fsp3) is 0.211. The highest BCUT2D eigenvalue weighted by Gasteiger charge is 2.17. The number of halogens is 1. The molecule has 3 rings (SSSR count). The number of rotatable bonds is 5. The second-order valence-corrected chi connectivity index (χ2v) is 5.83. The van der Waals surface area contributed by atoms with Gasteiger partial charge in [0.25, 0.3) is 0 Å². The van der Waals surface area contributed by atoms with E-state index in [4.69, 9.17) is 21.1 Å². The third-order valence-electron chi connectivity index (χ3n) is 3.82. The number of carbonyl (C=O) groups is 1. The Morgan fingerprint density at radius 2 is 1.92 bits per heavy atom. The van der Waals surface area contributed by atoms with Crippen molar-refractivity contribution in [3.63, 3.8) is 0 Å². The van der Waals surface area contributed by atoms with Gasteiger partial charge in [0, 0.05) is 18.5 Å². The van der Waals surface area contributed by atoms with Crippen LogP contribution < -0.4 is 4.74 Å². The third-order valence-corrected chi connectivity index (χ3v) is 4.13. The molecule has 0 aliphatic carbocycles. The molecule has 0 N–H and O–H groups in total. The van der Waals surface area contributed by atoms with E-state index in [1.807, 2.05) is 43.4 Å². The van der Waals surface area contributed by atoms with Crippen molar-refractivity contribution in [3.8, 4) is 5.75 Å². The summed E-state index contributed by atoms with van der Waals surface area (Å²) in [7, 11) is 1.81. The first kappa shape index (κ1) is 16.4. The van der Waals surface area contributed by atoms with Gasteiger partial charge in [0.2, 0.25) is 0 Å². The minimum absolute atomic E-state index is 0.333. The van der Waals surface area contributed by atoms with Gasteiger partial charge in [-0.05, 0) is 24.6 Å². The molecular weight excluding hydrogens is 326 g/mol. The highest BCUT2D eigenvalue weighted by atomic mass is 35.5. The second-order valence-electron chi connectivity index (χ2n) is 5.42. The van der Waals surface area contributed by atoms with Crippen LogP contribution in [0.2, 0.25) is 5.02 Å². The van der Waals surface area contributed by atoms with Crippen LogP contribution in [0, 0.1) is 0 Å². The summed E-state index contributed by atoms with van der Waals surface area (Å²) in [5.41, 5.74) is 2.37. The first-order chi connectivity index (χ1) is 11.6. The molecular formula is C19H18ClNO3. The van der Waals surface area contributed by atoms with Gasteiger partial charge in [0.1, 0.15) is 18.1 Å². The molecule has 0 aliphatic rings. The first-order valence-electron chi connectivity index (χ1n) is 7.73. The van der Waals surface area contributed by atoms with Crippen molar-refractivity contribution in [1.29, 1.82) is 0 Å². The molecule has 0 atom stereocenters. The molecule has 5 heteroatoms. The number of esters is 1. The van der Waals surface area contributed by atoms with Gasteiger partial charge in [-0.15, -0.1) is 0 Å². The van der Waals surface area contributed by atoms with Gasteiger partial charge in [-0.25, -0.2) is 4.79 Å². The zero-order valence-electron chi connectivity index (χ0n) is 13.6. The van der Waals surface area contributed by atoms with E-state index in [0.717, 1.165) is 16.5 Å². The Labute approximate surface area is 145 Å². The highest BCUT2D eigenvalue weighted by Crippen LogP contribution is 2.32. The van der Waals surface area contributed by atoms with E-state index in [1.165, 1.54) is 0 Å². The van der Waals surface area contributed by atoms with Crippen molar-refractivity contribution in [2.45, 2.75) is 13.5 Å². The fourth-order valence-corrected chi connectivity index (χ4v) is 2.85. The summed E-state index contributed by atoms with van der Waals surface area (Å²) in [6.45, 7) is 2.57. The van der Waals surface area contributed by atoms with Crippen LogP contribution in [0.25, 0.3) is 10.9 Å². The normalized spacial score (nSPS) is 10.8. The Morgan fingerprint density at radius 1 is 1.17 bits per heavy atom. The number of carbonyl (C=O) groups excluding carboxylic acids is 1. The topological polar surface area (TPSA) is 40.5 Å². The number of aromatic nitrogens is 1. The van der Waals surface area contributed by atoms with E-state index in [0.29, 0.717) is 29.7 Å². The quantitative estimate of drug-likeness (QED) is 0.636. The molecule has 3 aromatic rings. The number of nitrogens with zero attached hydrogens (tertiary/aromatic N) is 1. The van der Waals surface area contributed by atoms with Crippen LogP contribution in [0.4, 0.5) is 0 Å². The van der Waals surface area contributed by atoms with Crippen molar-refractivity contribution in [1.82, 2.24) is 4.57 Å². The number of hydrogen-bond acceptors (Lipinski definition) is 3. The number of benzene rings is 2. The van der Waals surface area contributed by atoms with E-state index < -0.39 is 0 Å². The maximum absolute atomic E-state index is 12.0. The number of ether oxygens (including phenoxy) is 2. The Kier molecular flexibility index (Phi) is 4.76. The van der Waals surface area contributed by atoms with Gasteiger partial charge in [0.05, 0.1) is 17.1 Å². The van der Waals surface area contributed by atoms with Gasteiger partial charge in [-0.2, -0.15) is 0 Å². The molecule has 0 radical (unpaired) electrons. The summed E-state index contributed by atoms with van der Waals surface area (Å²) < 4.78 is 12.7. The zero-order chi connectivity index (χ0) is 17.1. The molecule has 0 bridgehead atoms. The monoisotopic (exact) mass is 343 g/mol. The lowest BCUT2D eigenvalue weighted by molar-refractivity contribution is 0.0516. The van der Waals surface area contributed by atoms with Crippen molar-refractivity contribution in [3.05, 3.63) is 64.8 Å². The van der Waals surface area contributed by atoms with Crippen LogP contribution in [0.1, 0.15) is 23.0 Å². The summed E-state index contributed by atoms with van der Waals surface area (Å²) in [6, 6.07) is 15.3. The standard InChI is InChI=1S/C19H18ClNO3/c1-3-23-19(22)18-11-15-16(20)9-14(10-17(15)21(18)2)24-12-13-7-5-4-6-8-13/h4-11H,3,12H2,1-2H3. The Bertz CT molecular complexity index is 871. The van der Waals surface area contributed by atoms with Gasteiger partial charge >= 0.3 is 5.97 Å². The molecule has 24 heavy (non-hydrogen) atoms. The van der Waals surface area contributed by atoms with Gasteiger partial charge in [-0.3, -0.25) is 0 Å². The van der Waals surface area contributed by atoms with Crippen LogP contribution in [0.5, 0.6) is 5.75 Å². The van der Waals surface area contributed by atoms with E-state index in [9.17, 15) is 4.79 Å².